The average molecular weight is 529 g/mol. The van der Waals surface area contributed by atoms with Gasteiger partial charge in [0.1, 0.15) is 17.4 Å². The van der Waals surface area contributed by atoms with E-state index in [-0.39, 0.29) is 11.5 Å². The van der Waals surface area contributed by atoms with E-state index in [9.17, 15) is 18.0 Å². The highest BCUT2D eigenvalue weighted by molar-refractivity contribution is 5.94. The fourth-order valence-electron chi connectivity index (χ4n) is 5.17. The summed E-state index contributed by atoms with van der Waals surface area (Å²) in [7, 11) is 4.01. The normalized spacial score (nSPS) is 17.8. The highest BCUT2D eigenvalue weighted by Gasteiger charge is 2.31. The number of anilines is 1. The van der Waals surface area contributed by atoms with E-state index in [1.807, 2.05) is 37.2 Å². The second-order valence-corrected chi connectivity index (χ2v) is 10.3. The molecule has 0 saturated heterocycles. The van der Waals surface area contributed by atoms with E-state index in [1.54, 1.807) is 0 Å². The number of nitrogens with zero attached hydrogens (tertiary/aromatic N) is 3. The zero-order valence-electron chi connectivity index (χ0n) is 21.9. The number of benzene rings is 2. The Morgan fingerprint density at radius 1 is 1.00 bits per heavy atom. The number of nitrogens with one attached hydrogen (secondary N) is 1. The first-order valence-corrected chi connectivity index (χ1v) is 13.2. The van der Waals surface area contributed by atoms with Gasteiger partial charge in [0.05, 0.1) is 5.52 Å². The Labute approximate surface area is 221 Å². The lowest BCUT2D eigenvalue weighted by Crippen LogP contribution is -2.31. The maximum Gasteiger partial charge on any atom is 0.573 e. The third-order valence-corrected chi connectivity index (χ3v) is 7.16. The Balaban J connectivity index is 1.16. The molecule has 1 aliphatic rings. The fourth-order valence-corrected chi connectivity index (χ4v) is 5.17. The van der Waals surface area contributed by atoms with E-state index >= 15 is 0 Å². The number of aryl methyl sites for hydroxylation is 1. The largest absolute Gasteiger partial charge is 0.573 e. The summed E-state index contributed by atoms with van der Waals surface area (Å²) in [5.74, 6) is 2.15. The number of hydrogen-bond donors (Lipinski definition) is 1. The predicted molar refractivity (Wildman–Crippen MR) is 142 cm³/mol. The molecule has 38 heavy (non-hydrogen) atoms. The summed E-state index contributed by atoms with van der Waals surface area (Å²) in [5, 5.41) is 3.94. The van der Waals surface area contributed by atoms with Crippen LogP contribution in [0.15, 0.2) is 48.5 Å². The molecule has 1 aliphatic carbocycles. The first-order valence-electron chi connectivity index (χ1n) is 13.2. The molecule has 0 bridgehead atoms. The monoisotopic (exact) mass is 528 g/mol. The van der Waals surface area contributed by atoms with Gasteiger partial charge in [-0.15, -0.1) is 13.2 Å². The topological polar surface area (TPSA) is 67.4 Å². The van der Waals surface area contributed by atoms with Gasteiger partial charge in [0.2, 0.25) is 0 Å². The van der Waals surface area contributed by atoms with Gasteiger partial charge in [0.15, 0.2) is 0 Å². The summed E-state index contributed by atoms with van der Waals surface area (Å²) in [6.07, 6.45) is 3.80. The summed E-state index contributed by atoms with van der Waals surface area (Å²) < 4.78 is 41.2. The molecule has 1 fully saturated rings. The number of para-hydroxylation sites is 1. The number of halogens is 3. The molecular weight excluding hydrogens is 493 g/mol. The number of fused-ring (bicyclic) bond motifs is 1. The molecule has 1 aromatic heterocycles. The lowest BCUT2D eigenvalue weighted by atomic mass is 9.79. The Morgan fingerprint density at radius 3 is 2.47 bits per heavy atom. The number of unbranched alkanes of at least 4 members (excludes halogenated alkanes) is 1. The van der Waals surface area contributed by atoms with Crippen molar-refractivity contribution in [2.75, 3.05) is 25.5 Å². The van der Waals surface area contributed by atoms with Crippen LogP contribution in [-0.4, -0.2) is 42.9 Å². The fraction of sp³-hybridized carbons (Fsp3) is 0.483. The number of carbonyl (C=O) groups excluding carboxylic acids is 1. The van der Waals surface area contributed by atoms with Crippen LogP contribution in [0, 0.1) is 11.8 Å². The number of rotatable bonds is 10. The molecule has 9 heteroatoms. The Kier molecular flexibility index (Phi) is 9.07. The molecule has 204 valence electrons. The van der Waals surface area contributed by atoms with Crippen molar-refractivity contribution in [2.24, 2.45) is 11.8 Å². The smallest absolute Gasteiger partial charge is 0.406 e. The third-order valence-electron chi connectivity index (χ3n) is 7.16. The van der Waals surface area contributed by atoms with Gasteiger partial charge in [0.25, 0.3) is 5.91 Å². The Morgan fingerprint density at radius 2 is 1.74 bits per heavy atom. The van der Waals surface area contributed by atoms with Crippen LogP contribution in [0.2, 0.25) is 0 Å². The SMILES string of the molecule is CN(C)c1nc(CCCCC2CCC(CNC(=O)c3cccc(OC(F)(F)F)c3)CC2)nc2ccccc12. The maximum absolute atomic E-state index is 12.4. The number of alkyl halides is 3. The zero-order chi connectivity index (χ0) is 27.1. The number of aromatic nitrogens is 2. The molecule has 1 N–H and O–H groups in total. The molecule has 6 nitrogen and oxygen atoms in total. The minimum Gasteiger partial charge on any atom is -0.406 e. The van der Waals surface area contributed by atoms with E-state index in [0.717, 1.165) is 73.6 Å². The predicted octanol–water partition coefficient (Wildman–Crippen LogP) is 6.54. The van der Waals surface area contributed by atoms with Crippen LogP contribution in [0.3, 0.4) is 0 Å². The summed E-state index contributed by atoms with van der Waals surface area (Å²) >= 11 is 0. The lowest BCUT2D eigenvalue weighted by molar-refractivity contribution is -0.274. The molecule has 4 rings (SSSR count). The molecule has 2 aromatic carbocycles. The standard InChI is InChI=1S/C29H35F3N4O2/c1-36(2)27-24-11-4-5-12-25(24)34-26(35-27)13-6-3-8-20-14-16-21(17-15-20)19-33-28(37)22-9-7-10-23(18-22)38-29(30,31)32/h4-5,7,9-12,18,20-21H,3,6,8,13-17,19H2,1-2H3,(H,33,37). The van der Waals surface area contributed by atoms with Crippen LogP contribution >= 0.6 is 0 Å². The first kappa shape index (κ1) is 27.7. The summed E-state index contributed by atoms with van der Waals surface area (Å²) in [6.45, 7) is 0.531. The molecule has 1 saturated carbocycles. The van der Waals surface area contributed by atoms with Crippen LogP contribution in [-0.2, 0) is 6.42 Å². The Hall–Kier alpha value is -3.36. The van der Waals surface area contributed by atoms with Crippen molar-refractivity contribution in [2.45, 2.75) is 57.7 Å². The van der Waals surface area contributed by atoms with Crippen LogP contribution < -0.4 is 15.0 Å². The van der Waals surface area contributed by atoms with Crippen molar-refractivity contribution in [1.82, 2.24) is 15.3 Å². The lowest BCUT2D eigenvalue weighted by Gasteiger charge is -2.28. The van der Waals surface area contributed by atoms with Crippen molar-refractivity contribution < 1.29 is 22.7 Å². The number of hydrogen-bond acceptors (Lipinski definition) is 5. The second kappa shape index (κ2) is 12.5. The van der Waals surface area contributed by atoms with Crippen molar-refractivity contribution in [1.29, 1.82) is 0 Å². The number of amides is 1. The summed E-state index contributed by atoms with van der Waals surface area (Å²) in [6, 6.07) is 13.3. The molecule has 3 aromatic rings. The van der Waals surface area contributed by atoms with Crippen molar-refractivity contribution in [3.63, 3.8) is 0 Å². The zero-order valence-corrected chi connectivity index (χ0v) is 21.9. The Bertz CT molecular complexity index is 1220. The molecular formula is C29H35F3N4O2. The molecule has 0 spiro atoms. The van der Waals surface area contributed by atoms with Gasteiger partial charge in [-0.2, -0.15) is 0 Å². The summed E-state index contributed by atoms with van der Waals surface area (Å²) in [5.41, 5.74) is 1.14. The summed E-state index contributed by atoms with van der Waals surface area (Å²) in [4.78, 5) is 24.0. The van der Waals surface area contributed by atoms with Crippen molar-refractivity contribution in [3.8, 4) is 5.75 Å². The van der Waals surface area contributed by atoms with Crippen molar-refractivity contribution >= 4 is 22.6 Å². The quantitative estimate of drug-likeness (QED) is 0.303. The van der Waals surface area contributed by atoms with Gasteiger partial charge in [0, 0.05) is 38.0 Å². The van der Waals surface area contributed by atoms with Crippen LogP contribution in [0.5, 0.6) is 5.75 Å². The second-order valence-electron chi connectivity index (χ2n) is 10.3. The van der Waals surface area contributed by atoms with E-state index in [4.69, 9.17) is 9.97 Å². The van der Waals surface area contributed by atoms with Gasteiger partial charge in [-0.25, -0.2) is 9.97 Å². The number of carbonyl (C=O) groups is 1. The third kappa shape index (κ3) is 7.82. The van der Waals surface area contributed by atoms with E-state index in [2.05, 4.69) is 16.1 Å². The first-order chi connectivity index (χ1) is 18.2. The van der Waals surface area contributed by atoms with E-state index in [0.29, 0.717) is 18.4 Å². The minimum absolute atomic E-state index is 0.161. The highest BCUT2D eigenvalue weighted by Crippen LogP contribution is 2.32. The molecule has 0 unspecified atom stereocenters. The maximum atomic E-state index is 12.4. The average Bonchev–Trinajstić information content (AvgIpc) is 2.89. The van der Waals surface area contributed by atoms with E-state index < -0.39 is 12.1 Å². The van der Waals surface area contributed by atoms with Gasteiger partial charge >= 0.3 is 6.36 Å². The molecule has 0 aliphatic heterocycles. The van der Waals surface area contributed by atoms with Gasteiger partial charge in [-0.3, -0.25) is 4.79 Å². The van der Waals surface area contributed by atoms with Gasteiger partial charge in [-0.1, -0.05) is 43.9 Å². The van der Waals surface area contributed by atoms with Gasteiger partial charge < -0.3 is 15.0 Å². The molecule has 0 radical (unpaired) electrons. The molecule has 0 atom stereocenters. The van der Waals surface area contributed by atoms with Crippen LogP contribution in [0.1, 0.15) is 61.1 Å². The highest BCUT2D eigenvalue weighted by atomic mass is 19.4. The molecule has 1 heterocycles. The minimum atomic E-state index is -4.78. The van der Waals surface area contributed by atoms with Gasteiger partial charge in [-0.05, 0) is 61.4 Å². The van der Waals surface area contributed by atoms with Crippen LogP contribution in [0.25, 0.3) is 10.9 Å². The number of ether oxygens (including phenoxy) is 1. The molecule has 1 amide bonds. The van der Waals surface area contributed by atoms with E-state index in [1.165, 1.54) is 24.6 Å². The van der Waals surface area contributed by atoms with Crippen LogP contribution in [0.4, 0.5) is 19.0 Å². The van der Waals surface area contributed by atoms with Crippen molar-refractivity contribution in [3.05, 3.63) is 59.9 Å².